The van der Waals surface area contributed by atoms with Crippen molar-refractivity contribution < 1.29 is 4.79 Å². The molecule has 0 radical (unpaired) electrons. The first-order chi connectivity index (χ1) is 12.7. The quantitative estimate of drug-likeness (QED) is 0.603. The maximum Gasteiger partial charge on any atom is 0.269 e. The Kier molecular flexibility index (Phi) is 9.01. The van der Waals surface area contributed by atoms with Gasteiger partial charge in [0.2, 0.25) is 0 Å². The van der Waals surface area contributed by atoms with Gasteiger partial charge in [0.25, 0.3) is 5.91 Å². The molecule has 0 bridgehead atoms. The molecule has 142 valence electrons. The molecule has 5 heteroatoms. The average Bonchev–Trinajstić information content (AvgIpc) is 2.67. The Balaban J connectivity index is 1.68. The number of hydrogen-bond acceptors (Lipinski definition) is 4. The zero-order valence-corrected chi connectivity index (χ0v) is 16.2. The molecule has 1 aliphatic rings. The van der Waals surface area contributed by atoms with Gasteiger partial charge < -0.3 is 5.32 Å². The van der Waals surface area contributed by atoms with E-state index in [0.717, 1.165) is 57.9 Å². The van der Waals surface area contributed by atoms with Crippen molar-refractivity contribution in [3.63, 3.8) is 0 Å². The number of aromatic nitrogens is 1. The van der Waals surface area contributed by atoms with Crippen LogP contribution in [0.1, 0.15) is 75.7 Å². The number of amides is 1. The smallest absolute Gasteiger partial charge is 0.269 e. The molecule has 5 nitrogen and oxygen atoms in total. The van der Waals surface area contributed by atoms with Gasteiger partial charge in [0.1, 0.15) is 5.69 Å². The summed E-state index contributed by atoms with van der Waals surface area (Å²) in [6.07, 6.45) is 10.3. The SMILES string of the molecule is CCCC1=N[C@H](CCCCCNC(=O)c2ccccn2)C(CCC)=NC1. The highest BCUT2D eigenvalue weighted by atomic mass is 16.1. The summed E-state index contributed by atoms with van der Waals surface area (Å²) in [6.45, 7) is 5.90. The van der Waals surface area contributed by atoms with Crippen LogP contribution in [-0.2, 0) is 0 Å². The Morgan fingerprint density at radius 3 is 2.73 bits per heavy atom. The van der Waals surface area contributed by atoms with Gasteiger partial charge in [0, 0.05) is 24.2 Å². The van der Waals surface area contributed by atoms with E-state index in [-0.39, 0.29) is 11.9 Å². The highest BCUT2D eigenvalue weighted by molar-refractivity contribution is 5.99. The first-order valence-electron chi connectivity index (χ1n) is 10.0. The molecule has 26 heavy (non-hydrogen) atoms. The van der Waals surface area contributed by atoms with Crippen LogP contribution < -0.4 is 5.32 Å². The van der Waals surface area contributed by atoms with Crippen LogP contribution in [0.4, 0.5) is 0 Å². The van der Waals surface area contributed by atoms with Gasteiger partial charge >= 0.3 is 0 Å². The number of nitrogens with zero attached hydrogens (tertiary/aromatic N) is 3. The third-order valence-electron chi connectivity index (χ3n) is 4.57. The van der Waals surface area contributed by atoms with Crippen molar-refractivity contribution in [1.29, 1.82) is 0 Å². The molecule has 1 amide bonds. The third-order valence-corrected chi connectivity index (χ3v) is 4.57. The second-order valence-electron chi connectivity index (χ2n) is 6.84. The van der Waals surface area contributed by atoms with Gasteiger partial charge in [-0.3, -0.25) is 19.8 Å². The normalized spacial score (nSPS) is 16.8. The summed E-state index contributed by atoms with van der Waals surface area (Å²) in [4.78, 5) is 25.8. The predicted octanol–water partition coefficient (Wildman–Crippen LogP) is 4.24. The molecule has 0 aromatic carbocycles. The van der Waals surface area contributed by atoms with Crippen molar-refractivity contribution in [1.82, 2.24) is 10.3 Å². The summed E-state index contributed by atoms with van der Waals surface area (Å²) >= 11 is 0. The zero-order chi connectivity index (χ0) is 18.6. The van der Waals surface area contributed by atoms with E-state index in [1.54, 1.807) is 12.3 Å². The summed E-state index contributed by atoms with van der Waals surface area (Å²) in [7, 11) is 0. The van der Waals surface area contributed by atoms with Gasteiger partial charge in [0.05, 0.1) is 12.6 Å². The number of nitrogens with one attached hydrogen (secondary N) is 1. The number of aliphatic imine (C=N–C) groups is 2. The van der Waals surface area contributed by atoms with Crippen LogP contribution in [0.15, 0.2) is 34.4 Å². The summed E-state index contributed by atoms with van der Waals surface area (Å²) < 4.78 is 0. The van der Waals surface area contributed by atoms with Crippen LogP contribution in [-0.4, -0.2) is 41.4 Å². The molecule has 0 saturated carbocycles. The first kappa shape index (κ1) is 20.3. The molecule has 1 N–H and O–H groups in total. The second kappa shape index (κ2) is 11.6. The van der Waals surface area contributed by atoms with Crippen LogP contribution in [0, 0.1) is 0 Å². The number of unbranched alkanes of at least 4 members (excludes halogenated alkanes) is 2. The standard InChI is InChI=1S/C21H32N4O/c1-3-10-17-16-24-18(11-4-2)19(25-17)12-6-5-8-15-23-21(26)20-13-7-9-14-22-20/h7,9,13-14,19H,3-6,8,10-12,15-16H2,1-2H3,(H,23,26)/t19-/m1/s1. The van der Waals surface area contributed by atoms with E-state index in [4.69, 9.17) is 9.98 Å². The van der Waals surface area contributed by atoms with Crippen molar-refractivity contribution >= 4 is 17.3 Å². The Labute approximate surface area is 157 Å². The zero-order valence-electron chi connectivity index (χ0n) is 16.2. The van der Waals surface area contributed by atoms with Crippen molar-refractivity contribution in [3.05, 3.63) is 30.1 Å². The van der Waals surface area contributed by atoms with Crippen LogP contribution in [0.25, 0.3) is 0 Å². The molecule has 0 fully saturated rings. The molecular weight excluding hydrogens is 324 g/mol. The molecule has 1 aromatic rings. The van der Waals surface area contributed by atoms with Gasteiger partial charge in [-0.25, -0.2) is 0 Å². The van der Waals surface area contributed by atoms with E-state index < -0.39 is 0 Å². The predicted molar refractivity (Wildman–Crippen MR) is 108 cm³/mol. The number of rotatable bonds is 11. The molecule has 1 aromatic heterocycles. The Morgan fingerprint density at radius 2 is 2.00 bits per heavy atom. The van der Waals surface area contributed by atoms with E-state index in [0.29, 0.717) is 12.2 Å². The number of hydrogen-bond donors (Lipinski definition) is 1. The van der Waals surface area contributed by atoms with E-state index >= 15 is 0 Å². The van der Waals surface area contributed by atoms with Gasteiger partial charge in [-0.15, -0.1) is 0 Å². The minimum Gasteiger partial charge on any atom is -0.351 e. The van der Waals surface area contributed by atoms with Crippen molar-refractivity contribution in [2.45, 2.75) is 71.3 Å². The van der Waals surface area contributed by atoms with Crippen molar-refractivity contribution in [2.75, 3.05) is 13.1 Å². The fourth-order valence-electron chi connectivity index (χ4n) is 3.23. The molecule has 2 rings (SSSR count). The summed E-state index contributed by atoms with van der Waals surface area (Å²) in [5.41, 5.74) is 3.03. The molecular formula is C21H32N4O. The minimum atomic E-state index is -0.0935. The monoisotopic (exact) mass is 356 g/mol. The molecule has 0 spiro atoms. The fraction of sp³-hybridized carbons (Fsp3) is 0.619. The lowest BCUT2D eigenvalue weighted by atomic mass is 9.98. The maximum absolute atomic E-state index is 11.9. The van der Waals surface area contributed by atoms with E-state index in [2.05, 4.69) is 24.1 Å². The van der Waals surface area contributed by atoms with Gasteiger partial charge in [-0.05, 0) is 37.8 Å². The number of carbonyl (C=O) groups excluding carboxylic acids is 1. The van der Waals surface area contributed by atoms with Crippen molar-refractivity contribution in [3.8, 4) is 0 Å². The van der Waals surface area contributed by atoms with Crippen molar-refractivity contribution in [2.24, 2.45) is 9.98 Å². The largest absolute Gasteiger partial charge is 0.351 e. The summed E-state index contributed by atoms with van der Waals surface area (Å²) in [5.74, 6) is -0.0935. The molecule has 0 saturated heterocycles. The van der Waals surface area contributed by atoms with Crippen LogP contribution in [0.3, 0.4) is 0 Å². The van der Waals surface area contributed by atoms with Gasteiger partial charge in [-0.2, -0.15) is 0 Å². The Hall–Kier alpha value is -2.04. The highest BCUT2D eigenvalue weighted by Gasteiger charge is 2.18. The summed E-state index contributed by atoms with van der Waals surface area (Å²) in [6, 6.07) is 5.66. The molecule has 1 aliphatic heterocycles. The Morgan fingerprint density at radius 1 is 1.15 bits per heavy atom. The molecule has 2 heterocycles. The maximum atomic E-state index is 11.9. The molecule has 0 unspecified atom stereocenters. The Bertz CT molecular complexity index is 610. The van der Waals surface area contributed by atoms with E-state index in [1.807, 2.05) is 12.1 Å². The lowest BCUT2D eigenvalue weighted by molar-refractivity contribution is 0.0948. The summed E-state index contributed by atoms with van der Waals surface area (Å²) in [5, 5.41) is 2.94. The second-order valence-corrected chi connectivity index (χ2v) is 6.84. The van der Waals surface area contributed by atoms with E-state index in [1.165, 1.54) is 11.4 Å². The molecule has 0 aliphatic carbocycles. The lowest BCUT2D eigenvalue weighted by Gasteiger charge is -2.21. The number of carbonyl (C=O) groups is 1. The van der Waals surface area contributed by atoms with Crippen LogP contribution in [0.5, 0.6) is 0 Å². The average molecular weight is 357 g/mol. The number of pyridine rings is 1. The van der Waals surface area contributed by atoms with Gasteiger partial charge in [0.15, 0.2) is 0 Å². The van der Waals surface area contributed by atoms with Crippen LogP contribution >= 0.6 is 0 Å². The fourth-order valence-corrected chi connectivity index (χ4v) is 3.23. The van der Waals surface area contributed by atoms with Crippen LogP contribution in [0.2, 0.25) is 0 Å². The van der Waals surface area contributed by atoms with Gasteiger partial charge in [-0.1, -0.05) is 45.6 Å². The molecule has 1 atom stereocenters. The first-order valence-corrected chi connectivity index (χ1v) is 10.0. The topological polar surface area (TPSA) is 66.7 Å². The lowest BCUT2D eigenvalue weighted by Crippen LogP contribution is -2.27. The third kappa shape index (κ3) is 6.70. The highest BCUT2D eigenvalue weighted by Crippen LogP contribution is 2.16. The van der Waals surface area contributed by atoms with E-state index in [9.17, 15) is 4.79 Å². The minimum absolute atomic E-state index is 0.0935.